The number of carbonyl (C=O) groups excluding carboxylic acids is 1. The number of nitrogens with zero attached hydrogens (tertiary/aromatic N) is 1. The van der Waals surface area contributed by atoms with Gasteiger partial charge in [-0.05, 0) is 38.6 Å². The van der Waals surface area contributed by atoms with Gasteiger partial charge in [0, 0.05) is 32.3 Å². The molecule has 0 spiro atoms. The van der Waals surface area contributed by atoms with Crippen LogP contribution in [-0.4, -0.2) is 56.2 Å². The summed E-state index contributed by atoms with van der Waals surface area (Å²) in [5, 5.41) is 2.95. The molecule has 2 aliphatic rings. The highest BCUT2D eigenvalue weighted by atomic mass is 16.5. The van der Waals surface area contributed by atoms with E-state index in [0.717, 1.165) is 38.6 Å². The summed E-state index contributed by atoms with van der Waals surface area (Å²) in [5.74, 6) is 0.269. The molecular weight excluding hydrogens is 230 g/mol. The minimum Gasteiger partial charge on any atom is -0.381 e. The predicted molar refractivity (Wildman–Crippen MR) is 70.2 cm³/mol. The summed E-state index contributed by atoms with van der Waals surface area (Å²) in [6, 6.07) is 0.367. The van der Waals surface area contributed by atoms with Crippen LogP contribution in [0.25, 0.3) is 0 Å². The first-order chi connectivity index (χ1) is 8.68. The fraction of sp³-hybridized carbons (Fsp3) is 0.923. The molecule has 2 fully saturated rings. The monoisotopic (exact) mass is 255 g/mol. The molecular formula is C13H25N3O2. The Kier molecular flexibility index (Phi) is 4.97. The molecule has 1 aliphatic carbocycles. The van der Waals surface area contributed by atoms with Crippen molar-refractivity contribution in [2.75, 3.05) is 33.4 Å². The van der Waals surface area contributed by atoms with Crippen LogP contribution in [0.3, 0.4) is 0 Å². The average Bonchev–Trinajstić information content (AvgIpc) is 3.23. The molecule has 0 aromatic rings. The van der Waals surface area contributed by atoms with Crippen LogP contribution in [0.15, 0.2) is 0 Å². The molecule has 2 rings (SSSR count). The van der Waals surface area contributed by atoms with Crippen molar-refractivity contribution in [2.24, 2.45) is 11.7 Å². The number of likely N-dealkylation sites (N-methyl/N-ethyl adjacent to an activating group) is 1. The molecule has 0 aromatic heterocycles. The maximum atomic E-state index is 11.9. The maximum Gasteiger partial charge on any atom is 0.237 e. The zero-order valence-electron chi connectivity index (χ0n) is 11.2. The van der Waals surface area contributed by atoms with Crippen LogP contribution in [-0.2, 0) is 9.53 Å². The number of nitrogens with two attached hydrogens (primary N) is 1. The third kappa shape index (κ3) is 3.93. The first-order valence-electron chi connectivity index (χ1n) is 7.00. The number of hydrogen-bond donors (Lipinski definition) is 2. The van der Waals surface area contributed by atoms with E-state index < -0.39 is 0 Å². The zero-order chi connectivity index (χ0) is 13.0. The first-order valence-corrected chi connectivity index (χ1v) is 7.00. The van der Waals surface area contributed by atoms with Crippen LogP contribution in [0.4, 0.5) is 0 Å². The van der Waals surface area contributed by atoms with E-state index in [9.17, 15) is 4.79 Å². The summed E-state index contributed by atoms with van der Waals surface area (Å²) in [4.78, 5) is 14.2. The minimum atomic E-state index is -0.375. The molecule has 1 unspecified atom stereocenters. The molecule has 3 N–H and O–H groups in total. The second-order valence-corrected chi connectivity index (χ2v) is 5.48. The van der Waals surface area contributed by atoms with Crippen molar-refractivity contribution in [1.29, 1.82) is 0 Å². The van der Waals surface area contributed by atoms with Crippen molar-refractivity contribution in [2.45, 2.75) is 37.8 Å². The molecule has 1 atom stereocenters. The van der Waals surface area contributed by atoms with Gasteiger partial charge in [-0.3, -0.25) is 4.79 Å². The van der Waals surface area contributed by atoms with Crippen LogP contribution < -0.4 is 11.1 Å². The third-order valence-electron chi connectivity index (χ3n) is 4.01. The Morgan fingerprint density at radius 1 is 1.39 bits per heavy atom. The Hall–Kier alpha value is -0.650. The molecule has 0 bridgehead atoms. The van der Waals surface area contributed by atoms with E-state index >= 15 is 0 Å². The minimum absolute atomic E-state index is 0.00824. The Labute approximate surface area is 109 Å². The van der Waals surface area contributed by atoms with Gasteiger partial charge in [0.2, 0.25) is 5.91 Å². The topological polar surface area (TPSA) is 67.6 Å². The number of hydrogen-bond acceptors (Lipinski definition) is 4. The Bertz CT molecular complexity index is 275. The molecule has 1 amide bonds. The Balaban J connectivity index is 1.63. The lowest BCUT2D eigenvalue weighted by Crippen LogP contribution is -2.48. The number of rotatable bonds is 6. The second-order valence-electron chi connectivity index (χ2n) is 5.48. The largest absolute Gasteiger partial charge is 0.381 e. The number of amides is 1. The molecule has 5 heteroatoms. The zero-order valence-corrected chi connectivity index (χ0v) is 11.2. The quantitative estimate of drug-likeness (QED) is 0.698. The molecule has 104 valence electrons. The van der Waals surface area contributed by atoms with Gasteiger partial charge < -0.3 is 20.7 Å². The van der Waals surface area contributed by atoms with Gasteiger partial charge in [-0.15, -0.1) is 0 Å². The molecule has 1 saturated heterocycles. The summed E-state index contributed by atoms with van der Waals surface area (Å²) in [6.45, 7) is 3.08. The summed E-state index contributed by atoms with van der Waals surface area (Å²) in [6.07, 6.45) is 4.39. The van der Waals surface area contributed by atoms with Crippen LogP contribution in [0.2, 0.25) is 0 Å². The lowest BCUT2D eigenvalue weighted by molar-refractivity contribution is -0.124. The number of carbonyl (C=O) groups is 1. The first kappa shape index (κ1) is 13.8. The highest BCUT2D eigenvalue weighted by Gasteiger charge is 2.27. The van der Waals surface area contributed by atoms with Crippen molar-refractivity contribution >= 4 is 5.91 Å². The van der Waals surface area contributed by atoms with Crippen LogP contribution in [0.5, 0.6) is 0 Å². The molecule has 1 heterocycles. The fourth-order valence-corrected chi connectivity index (χ4v) is 2.46. The summed E-state index contributed by atoms with van der Waals surface area (Å²) < 4.78 is 5.28. The summed E-state index contributed by atoms with van der Waals surface area (Å²) in [5.41, 5.74) is 6.00. The molecule has 18 heavy (non-hydrogen) atoms. The second kappa shape index (κ2) is 6.50. The number of ether oxygens (including phenoxy) is 1. The molecule has 1 aliphatic heterocycles. The van der Waals surface area contributed by atoms with Gasteiger partial charge >= 0.3 is 0 Å². The highest BCUT2D eigenvalue weighted by Crippen LogP contribution is 2.24. The average molecular weight is 255 g/mol. The van der Waals surface area contributed by atoms with Gasteiger partial charge in [0.05, 0.1) is 6.04 Å². The van der Waals surface area contributed by atoms with E-state index in [2.05, 4.69) is 17.3 Å². The molecule has 0 aromatic carbocycles. The van der Waals surface area contributed by atoms with Crippen LogP contribution in [0.1, 0.15) is 25.7 Å². The maximum absolute atomic E-state index is 11.9. The molecule has 5 nitrogen and oxygen atoms in total. The summed E-state index contributed by atoms with van der Waals surface area (Å²) in [7, 11) is 2.11. The molecule has 1 saturated carbocycles. The van der Waals surface area contributed by atoms with Gasteiger partial charge in [0.15, 0.2) is 0 Å². The SMILES string of the molecule is CN(CCNC(=O)C(N)C1CCOCC1)C1CC1. The molecule has 0 radical (unpaired) electrons. The van der Waals surface area contributed by atoms with Gasteiger partial charge in [-0.25, -0.2) is 0 Å². The van der Waals surface area contributed by atoms with Crippen LogP contribution >= 0.6 is 0 Å². The Morgan fingerprint density at radius 3 is 2.67 bits per heavy atom. The fourth-order valence-electron chi connectivity index (χ4n) is 2.46. The van der Waals surface area contributed by atoms with Crippen molar-refractivity contribution in [3.05, 3.63) is 0 Å². The van der Waals surface area contributed by atoms with E-state index in [1.807, 2.05) is 0 Å². The van der Waals surface area contributed by atoms with Gasteiger partial charge in [0.25, 0.3) is 0 Å². The highest BCUT2D eigenvalue weighted by molar-refractivity contribution is 5.81. The lowest BCUT2D eigenvalue weighted by atomic mass is 9.92. The van der Waals surface area contributed by atoms with E-state index in [4.69, 9.17) is 10.5 Å². The predicted octanol–water partition coefficient (Wildman–Crippen LogP) is -0.0493. The van der Waals surface area contributed by atoms with E-state index in [0.29, 0.717) is 6.54 Å². The van der Waals surface area contributed by atoms with Gasteiger partial charge in [0.1, 0.15) is 0 Å². The van der Waals surface area contributed by atoms with Crippen LogP contribution in [0, 0.1) is 5.92 Å². The smallest absolute Gasteiger partial charge is 0.237 e. The van der Waals surface area contributed by atoms with Crippen molar-refractivity contribution in [3.63, 3.8) is 0 Å². The van der Waals surface area contributed by atoms with E-state index in [-0.39, 0.29) is 17.9 Å². The van der Waals surface area contributed by atoms with E-state index in [1.165, 1.54) is 12.8 Å². The van der Waals surface area contributed by atoms with Crippen molar-refractivity contribution in [3.8, 4) is 0 Å². The summed E-state index contributed by atoms with van der Waals surface area (Å²) >= 11 is 0. The normalized spacial score (nSPS) is 23.1. The van der Waals surface area contributed by atoms with E-state index in [1.54, 1.807) is 0 Å². The van der Waals surface area contributed by atoms with Crippen molar-refractivity contribution < 1.29 is 9.53 Å². The third-order valence-corrected chi connectivity index (χ3v) is 4.01. The Morgan fingerprint density at radius 2 is 2.06 bits per heavy atom. The van der Waals surface area contributed by atoms with Crippen molar-refractivity contribution in [1.82, 2.24) is 10.2 Å². The van der Waals surface area contributed by atoms with Gasteiger partial charge in [-0.2, -0.15) is 0 Å². The number of nitrogens with one attached hydrogen (secondary N) is 1. The standard InChI is InChI=1S/C13H25N3O2/c1-16(11-2-3-11)7-6-15-13(17)12(14)10-4-8-18-9-5-10/h10-12H,2-9,14H2,1H3,(H,15,17). The lowest BCUT2D eigenvalue weighted by Gasteiger charge is -2.27. The van der Waals surface area contributed by atoms with Gasteiger partial charge in [-0.1, -0.05) is 0 Å².